The van der Waals surface area contributed by atoms with Crippen LogP contribution in [0.5, 0.6) is 0 Å². The van der Waals surface area contributed by atoms with Crippen molar-refractivity contribution in [1.29, 1.82) is 0 Å². The van der Waals surface area contributed by atoms with Crippen LogP contribution < -0.4 is 10.0 Å². The topological polar surface area (TPSA) is 58.2 Å². The molecule has 0 bridgehead atoms. The summed E-state index contributed by atoms with van der Waals surface area (Å²) >= 11 is 1.50. The van der Waals surface area contributed by atoms with E-state index in [4.69, 9.17) is 0 Å². The van der Waals surface area contributed by atoms with Gasteiger partial charge in [0.25, 0.3) is 0 Å². The molecule has 0 amide bonds. The molecule has 1 saturated carbocycles. The monoisotopic (exact) mass is 330 g/mol. The summed E-state index contributed by atoms with van der Waals surface area (Å²) in [5, 5.41) is 4.95. The van der Waals surface area contributed by atoms with Crippen LogP contribution in [0.15, 0.2) is 16.3 Å². The molecule has 0 aliphatic heterocycles. The number of hydrogen-bond acceptors (Lipinski definition) is 4. The Balaban J connectivity index is 1.87. The molecule has 0 spiro atoms. The van der Waals surface area contributed by atoms with Gasteiger partial charge in [-0.1, -0.05) is 26.7 Å². The Labute approximate surface area is 132 Å². The Kier molecular flexibility index (Phi) is 6.22. The van der Waals surface area contributed by atoms with E-state index in [0.29, 0.717) is 17.4 Å². The fourth-order valence-corrected chi connectivity index (χ4v) is 5.05. The fourth-order valence-electron chi connectivity index (χ4n) is 2.69. The molecular formula is C15H26N2O2S2. The fraction of sp³-hybridized carbons (Fsp3) is 0.733. The van der Waals surface area contributed by atoms with Crippen LogP contribution in [-0.4, -0.2) is 21.5 Å². The van der Waals surface area contributed by atoms with Gasteiger partial charge in [-0.3, -0.25) is 0 Å². The lowest BCUT2D eigenvalue weighted by molar-refractivity contribution is 0.290. The molecule has 1 aromatic rings. The first-order valence-corrected chi connectivity index (χ1v) is 10.2. The van der Waals surface area contributed by atoms with E-state index < -0.39 is 10.0 Å². The third-order valence-electron chi connectivity index (χ3n) is 4.19. The molecule has 6 heteroatoms. The van der Waals surface area contributed by atoms with Crippen LogP contribution in [-0.2, 0) is 16.6 Å². The maximum absolute atomic E-state index is 12.3. The average Bonchev–Trinajstić information content (AvgIpc) is 2.94. The predicted octanol–water partition coefficient (Wildman–Crippen LogP) is 2.96. The minimum atomic E-state index is -3.34. The SMILES string of the molecule is CCNCc1cc(S(=O)(=O)NCC2CCC(C)CC2)cs1. The predicted molar refractivity (Wildman–Crippen MR) is 88.0 cm³/mol. The van der Waals surface area contributed by atoms with Crippen molar-refractivity contribution in [3.63, 3.8) is 0 Å². The Morgan fingerprint density at radius 2 is 2.00 bits per heavy atom. The summed E-state index contributed by atoms with van der Waals surface area (Å²) in [6.07, 6.45) is 4.72. The van der Waals surface area contributed by atoms with E-state index >= 15 is 0 Å². The molecule has 1 fully saturated rings. The minimum Gasteiger partial charge on any atom is -0.312 e. The summed E-state index contributed by atoms with van der Waals surface area (Å²) in [5.41, 5.74) is 0. The molecular weight excluding hydrogens is 304 g/mol. The summed E-state index contributed by atoms with van der Waals surface area (Å²) < 4.78 is 27.4. The molecule has 120 valence electrons. The molecule has 0 radical (unpaired) electrons. The quantitative estimate of drug-likeness (QED) is 0.808. The van der Waals surface area contributed by atoms with Gasteiger partial charge in [-0.2, -0.15) is 0 Å². The molecule has 1 heterocycles. The lowest BCUT2D eigenvalue weighted by Gasteiger charge is -2.26. The zero-order chi connectivity index (χ0) is 15.3. The summed E-state index contributed by atoms with van der Waals surface area (Å²) in [6.45, 7) is 6.51. The van der Waals surface area contributed by atoms with Crippen molar-refractivity contribution in [2.45, 2.75) is 51.0 Å². The lowest BCUT2D eigenvalue weighted by atomic mass is 9.83. The van der Waals surface area contributed by atoms with Crippen molar-refractivity contribution in [2.24, 2.45) is 11.8 Å². The third kappa shape index (κ3) is 5.06. The van der Waals surface area contributed by atoms with Crippen LogP contribution in [0.2, 0.25) is 0 Å². The van der Waals surface area contributed by atoms with Gasteiger partial charge in [0, 0.05) is 23.3 Å². The molecule has 1 aliphatic carbocycles. The number of sulfonamides is 1. The lowest BCUT2D eigenvalue weighted by Crippen LogP contribution is -2.31. The van der Waals surface area contributed by atoms with Crippen molar-refractivity contribution >= 4 is 21.4 Å². The first-order chi connectivity index (χ1) is 10.0. The Morgan fingerprint density at radius 3 is 2.67 bits per heavy atom. The van der Waals surface area contributed by atoms with Crippen molar-refractivity contribution < 1.29 is 8.42 Å². The van der Waals surface area contributed by atoms with Gasteiger partial charge < -0.3 is 5.32 Å². The normalized spacial score (nSPS) is 23.3. The van der Waals surface area contributed by atoms with Crippen LogP contribution in [0.25, 0.3) is 0 Å². The highest BCUT2D eigenvalue weighted by atomic mass is 32.2. The van der Waals surface area contributed by atoms with Crippen molar-refractivity contribution in [1.82, 2.24) is 10.0 Å². The maximum atomic E-state index is 12.3. The van der Waals surface area contributed by atoms with Gasteiger partial charge >= 0.3 is 0 Å². The Morgan fingerprint density at radius 1 is 1.29 bits per heavy atom. The van der Waals surface area contributed by atoms with E-state index in [9.17, 15) is 8.42 Å². The molecule has 2 N–H and O–H groups in total. The van der Waals surface area contributed by atoms with E-state index in [-0.39, 0.29) is 0 Å². The van der Waals surface area contributed by atoms with E-state index in [0.717, 1.165) is 36.7 Å². The summed E-state index contributed by atoms with van der Waals surface area (Å²) in [4.78, 5) is 1.47. The standard InChI is InChI=1S/C15H26N2O2S2/c1-3-16-10-14-8-15(11-20-14)21(18,19)17-9-13-6-4-12(2)5-7-13/h8,11-13,16-17H,3-7,9-10H2,1-2H3. The second-order valence-corrected chi connectivity index (χ2v) is 8.77. The van der Waals surface area contributed by atoms with Gasteiger partial charge in [-0.15, -0.1) is 11.3 Å². The molecule has 0 atom stereocenters. The zero-order valence-electron chi connectivity index (χ0n) is 12.9. The van der Waals surface area contributed by atoms with Crippen LogP contribution in [0.4, 0.5) is 0 Å². The third-order valence-corrected chi connectivity index (χ3v) is 6.68. The summed E-state index contributed by atoms with van der Waals surface area (Å²) in [6, 6.07) is 1.78. The van der Waals surface area contributed by atoms with Gasteiger partial charge in [0.1, 0.15) is 0 Å². The molecule has 1 aliphatic rings. The highest BCUT2D eigenvalue weighted by molar-refractivity contribution is 7.89. The van der Waals surface area contributed by atoms with Crippen LogP contribution in [0.3, 0.4) is 0 Å². The first kappa shape index (κ1) is 16.9. The van der Waals surface area contributed by atoms with Gasteiger partial charge in [0.05, 0.1) is 4.90 Å². The molecule has 21 heavy (non-hydrogen) atoms. The largest absolute Gasteiger partial charge is 0.312 e. The number of rotatable bonds is 7. The van der Waals surface area contributed by atoms with E-state index in [2.05, 4.69) is 17.0 Å². The smallest absolute Gasteiger partial charge is 0.241 e. The molecule has 0 saturated heterocycles. The zero-order valence-corrected chi connectivity index (χ0v) is 14.5. The van der Waals surface area contributed by atoms with Crippen LogP contribution in [0, 0.1) is 11.8 Å². The van der Waals surface area contributed by atoms with E-state index in [1.54, 1.807) is 11.4 Å². The summed E-state index contributed by atoms with van der Waals surface area (Å²) in [5.74, 6) is 1.29. The van der Waals surface area contributed by atoms with Gasteiger partial charge in [-0.05, 0) is 37.3 Å². The van der Waals surface area contributed by atoms with Gasteiger partial charge in [0.2, 0.25) is 10.0 Å². The highest BCUT2D eigenvalue weighted by Crippen LogP contribution is 2.28. The molecule has 0 unspecified atom stereocenters. The Bertz CT molecular complexity index is 532. The van der Waals surface area contributed by atoms with Crippen LogP contribution >= 0.6 is 11.3 Å². The number of nitrogens with one attached hydrogen (secondary N) is 2. The molecule has 1 aromatic heterocycles. The van der Waals surface area contributed by atoms with Gasteiger partial charge in [-0.25, -0.2) is 13.1 Å². The van der Waals surface area contributed by atoms with E-state index in [1.165, 1.54) is 24.2 Å². The molecule has 4 nitrogen and oxygen atoms in total. The average molecular weight is 331 g/mol. The second kappa shape index (κ2) is 7.72. The second-order valence-electron chi connectivity index (χ2n) is 6.01. The minimum absolute atomic E-state index is 0.407. The summed E-state index contributed by atoms with van der Waals surface area (Å²) in [7, 11) is -3.34. The maximum Gasteiger partial charge on any atom is 0.241 e. The van der Waals surface area contributed by atoms with Gasteiger partial charge in [0.15, 0.2) is 0 Å². The number of hydrogen-bond donors (Lipinski definition) is 2. The molecule has 2 rings (SSSR count). The van der Waals surface area contributed by atoms with Crippen molar-refractivity contribution in [3.8, 4) is 0 Å². The number of thiophene rings is 1. The molecule has 0 aromatic carbocycles. The highest BCUT2D eigenvalue weighted by Gasteiger charge is 2.22. The first-order valence-electron chi connectivity index (χ1n) is 7.79. The van der Waals surface area contributed by atoms with E-state index in [1.807, 2.05) is 6.92 Å². The Hall–Kier alpha value is -0.430. The van der Waals surface area contributed by atoms with Crippen LogP contribution in [0.1, 0.15) is 44.4 Å². The van der Waals surface area contributed by atoms with Crippen molar-refractivity contribution in [2.75, 3.05) is 13.1 Å². The van der Waals surface area contributed by atoms with Crippen molar-refractivity contribution in [3.05, 3.63) is 16.3 Å².